The van der Waals surface area contributed by atoms with E-state index in [1.54, 1.807) is 53.2 Å². The Morgan fingerprint density at radius 3 is 2.53 bits per heavy atom. The Hall–Kier alpha value is -3.72. The first kappa shape index (κ1) is 24.0. The van der Waals surface area contributed by atoms with Crippen molar-refractivity contribution in [3.63, 3.8) is 0 Å². The van der Waals surface area contributed by atoms with Gasteiger partial charge in [-0.15, -0.1) is 0 Å². The van der Waals surface area contributed by atoms with E-state index < -0.39 is 9.84 Å². The molecule has 9 heteroatoms. The maximum absolute atomic E-state index is 13.4. The van der Waals surface area contributed by atoms with Crippen LogP contribution in [0.4, 0.5) is 5.69 Å². The van der Waals surface area contributed by atoms with Gasteiger partial charge in [0.15, 0.2) is 10.7 Å². The van der Waals surface area contributed by atoms with Crippen molar-refractivity contribution in [1.29, 1.82) is 0 Å². The fourth-order valence-corrected chi connectivity index (χ4v) is 5.23. The molecule has 1 aliphatic carbocycles. The Balaban J connectivity index is 1.61. The molecule has 0 spiro atoms. The fraction of sp³-hybridized carbons (Fsp3) is 0.296. The highest BCUT2D eigenvalue weighted by Gasteiger charge is 2.25. The Morgan fingerprint density at radius 1 is 1.11 bits per heavy atom. The smallest absolute Gasteiger partial charge is 0.251 e. The largest absolute Gasteiger partial charge is 0.382 e. The fourth-order valence-electron chi connectivity index (χ4n) is 4.01. The number of carbonyl (C=O) groups excluding carboxylic acids is 1. The molecule has 0 saturated heterocycles. The number of aryl methyl sites for hydroxylation is 1. The Kier molecular flexibility index (Phi) is 6.26. The normalized spacial score (nSPS) is 13.8. The van der Waals surface area contributed by atoms with E-state index in [1.807, 2.05) is 19.1 Å². The molecule has 0 unspecified atom stereocenters. The molecule has 1 saturated carbocycles. The minimum Gasteiger partial charge on any atom is -0.382 e. The quantitative estimate of drug-likeness (QED) is 0.367. The van der Waals surface area contributed by atoms with Crippen molar-refractivity contribution in [1.82, 2.24) is 19.9 Å². The van der Waals surface area contributed by atoms with E-state index in [1.165, 1.54) is 0 Å². The molecule has 0 aliphatic heterocycles. The van der Waals surface area contributed by atoms with Crippen LogP contribution in [-0.2, 0) is 9.84 Å². The van der Waals surface area contributed by atoms with E-state index in [2.05, 4.69) is 34.6 Å². The first-order valence-electron chi connectivity index (χ1n) is 12.1. The van der Waals surface area contributed by atoms with E-state index >= 15 is 0 Å². The van der Waals surface area contributed by atoms with Gasteiger partial charge < -0.3 is 10.6 Å². The Bertz CT molecular complexity index is 1540. The summed E-state index contributed by atoms with van der Waals surface area (Å²) in [6.07, 6.45) is 3.73. The molecule has 186 valence electrons. The van der Waals surface area contributed by atoms with E-state index in [9.17, 15) is 13.2 Å². The topological polar surface area (TPSA) is 105 Å². The lowest BCUT2D eigenvalue weighted by molar-refractivity contribution is 0.0950. The third kappa shape index (κ3) is 4.70. The van der Waals surface area contributed by atoms with Crippen molar-refractivity contribution in [3.8, 4) is 11.3 Å². The minimum absolute atomic E-state index is 0.0659. The van der Waals surface area contributed by atoms with Crippen molar-refractivity contribution >= 4 is 27.1 Å². The number of aromatic nitrogens is 3. The van der Waals surface area contributed by atoms with Gasteiger partial charge in [-0.2, -0.15) is 5.10 Å². The highest BCUT2D eigenvalue weighted by molar-refractivity contribution is 7.91. The summed E-state index contributed by atoms with van der Waals surface area (Å²) in [6.45, 7) is 6.70. The number of anilines is 1. The van der Waals surface area contributed by atoms with Gasteiger partial charge in [-0.3, -0.25) is 4.79 Å². The van der Waals surface area contributed by atoms with Gasteiger partial charge >= 0.3 is 0 Å². The number of carbonyl (C=O) groups is 1. The second-order valence-electron chi connectivity index (χ2n) is 9.64. The Labute approximate surface area is 210 Å². The van der Waals surface area contributed by atoms with Gasteiger partial charge in [0.05, 0.1) is 22.5 Å². The standard InChI is InChI=1S/C27H29N5O3S/c1-17(2)15-28-23-14-25(36(34,35)21-7-5-4-6-8-21)31-32-24(16-29-26(23)32)19-9-12-22(18(3)13-19)27(33)30-20-10-11-20/h4-9,12-14,16-17,20,28H,10-11,15H2,1-3H3,(H,30,33). The van der Waals surface area contributed by atoms with Crippen LogP contribution in [0.3, 0.4) is 0 Å². The summed E-state index contributed by atoms with van der Waals surface area (Å²) in [7, 11) is -3.85. The van der Waals surface area contributed by atoms with Gasteiger partial charge in [-0.05, 0) is 55.5 Å². The van der Waals surface area contributed by atoms with Crippen LogP contribution in [-0.4, -0.2) is 41.5 Å². The van der Waals surface area contributed by atoms with Crippen LogP contribution in [0.15, 0.2) is 70.7 Å². The molecule has 0 bridgehead atoms. The van der Waals surface area contributed by atoms with E-state index in [0.29, 0.717) is 35.1 Å². The van der Waals surface area contributed by atoms with Crippen LogP contribution in [0.1, 0.15) is 42.6 Å². The van der Waals surface area contributed by atoms with Crippen LogP contribution in [0.2, 0.25) is 0 Å². The monoisotopic (exact) mass is 503 g/mol. The average Bonchev–Trinajstić information content (AvgIpc) is 3.57. The molecule has 2 aromatic carbocycles. The molecule has 5 rings (SSSR count). The molecule has 2 aromatic heterocycles. The van der Waals surface area contributed by atoms with Crippen molar-refractivity contribution in [3.05, 3.63) is 71.9 Å². The molecule has 1 aliphatic rings. The number of imidazole rings is 1. The van der Waals surface area contributed by atoms with Crippen molar-refractivity contribution in [2.45, 2.75) is 49.6 Å². The van der Waals surface area contributed by atoms with Crippen LogP contribution < -0.4 is 10.6 Å². The number of hydrogen-bond acceptors (Lipinski definition) is 6. The van der Waals surface area contributed by atoms with Gasteiger partial charge in [-0.1, -0.05) is 38.1 Å². The van der Waals surface area contributed by atoms with Gasteiger partial charge in [-0.25, -0.2) is 17.9 Å². The lowest BCUT2D eigenvalue weighted by Gasteiger charge is -2.13. The van der Waals surface area contributed by atoms with Gasteiger partial charge in [0.25, 0.3) is 5.91 Å². The first-order valence-corrected chi connectivity index (χ1v) is 13.6. The summed E-state index contributed by atoms with van der Waals surface area (Å²) >= 11 is 0. The lowest BCUT2D eigenvalue weighted by Crippen LogP contribution is -2.26. The third-order valence-electron chi connectivity index (χ3n) is 6.15. The summed E-state index contributed by atoms with van der Waals surface area (Å²) in [5, 5.41) is 10.8. The number of rotatable bonds is 8. The number of nitrogens with zero attached hydrogens (tertiary/aromatic N) is 3. The SMILES string of the molecule is Cc1cc(-c2cnc3c(NCC(C)C)cc(S(=O)(=O)c4ccccc4)nn23)ccc1C(=O)NC1CC1. The maximum atomic E-state index is 13.4. The molecule has 8 nitrogen and oxygen atoms in total. The van der Waals surface area contributed by atoms with Gasteiger partial charge in [0.2, 0.25) is 9.84 Å². The van der Waals surface area contributed by atoms with Crippen LogP contribution in [0.25, 0.3) is 16.9 Å². The zero-order valence-electron chi connectivity index (χ0n) is 20.5. The van der Waals surface area contributed by atoms with E-state index in [0.717, 1.165) is 24.0 Å². The number of amides is 1. The highest BCUT2D eigenvalue weighted by atomic mass is 32.2. The Morgan fingerprint density at radius 2 is 1.86 bits per heavy atom. The summed E-state index contributed by atoms with van der Waals surface area (Å²) in [5.41, 5.74) is 4.01. The minimum atomic E-state index is -3.85. The average molecular weight is 504 g/mol. The second-order valence-corrected chi connectivity index (χ2v) is 11.5. The van der Waals surface area contributed by atoms with Crippen molar-refractivity contribution in [2.75, 3.05) is 11.9 Å². The molecule has 4 aromatic rings. The summed E-state index contributed by atoms with van der Waals surface area (Å²) in [5.74, 6) is 0.271. The molecular formula is C27H29N5O3S. The lowest BCUT2D eigenvalue weighted by atomic mass is 10.0. The molecule has 36 heavy (non-hydrogen) atoms. The first-order chi connectivity index (χ1) is 17.2. The van der Waals surface area contributed by atoms with E-state index in [4.69, 9.17) is 0 Å². The number of fused-ring (bicyclic) bond motifs is 1. The second kappa shape index (κ2) is 9.39. The van der Waals surface area contributed by atoms with Crippen molar-refractivity contribution < 1.29 is 13.2 Å². The maximum Gasteiger partial charge on any atom is 0.251 e. The summed E-state index contributed by atoms with van der Waals surface area (Å²) in [6, 6.07) is 15.7. The van der Waals surface area contributed by atoms with E-state index in [-0.39, 0.29) is 21.9 Å². The molecule has 0 radical (unpaired) electrons. The molecule has 1 amide bonds. The molecular weight excluding hydrogens is 474 g/mol. The molecule has 2 N–H and O–H groups in total. The molecule has 1 fully saturated rings. The number of sulfone groups is 1. The zero-order valence-corrected chi connectivity index (χ0v) is 21.3. The molecule has 0 atom stereocenters. The summed E-state index contributed by atoms with van der Waals surface area (Å²) in [4.78, 5) is 17.3. The molecule has 2 heterocycles. The predicted octanol–water partition coefficient (Wildman–Crippen LogP) is 4.50. The zero-order chi connectivity index (χ0) is 25.4. The van der Waals surface area contributed by atoms with Crippen LogP contribution in [0, 0.1) is 12.8 Å². The van der Waals surface area contributed by atoms with Gasteiger partial charge in [0, 0.05) is 29.8 Å². The number of nitrogens with one attached hydrogen (secondary N) is 2. The van der Waals surface area contributed by atoms with Crippen LogP contribution >= 0.6 is 0 Å². The van der Waals surface area contributed by atoms with Crippen molar-refractivity contribution in [2.24, 2.45) is 5.92 Å². The number of hydrogen-bond donors (Lipinski definition) is 2. The van der Waals surface area contributed by atoms with Gasteiger partial charge in [0.1, 0.15) is 0 Å². The third-order valence-corrected chi connectivity index (χ3v) is 7.80. The summed E-state index contributed by atoms with van der Waals surface area (Å²) < 4.78 is 28.4. The number of benzene rings is 2. The van der Waals surface area contributed by atoms with Crippen LogP contribution in [0.5, 0.6) is 0 Å². The predicted molar refractivity (Wildman–Crippen MR) is 139 cm³/mol. The highest BCUT2D eigenvalue weighted by Crippen LogP contribution is 2.29.